The smallest absolute Gasteiger partial charge is 0.135 e. The summed E-state index contributed by atoms with van der Waals surface area (Å²) in [4.78, 5) is 0. The lowest BCUT2D eigenvalue weighted by atomic mass is 9.71. The van der Waals surface area contributed by atoms with Gasteiger partial charge in [-0.2, -0.15) is 0 Å². The van der Waals surface area contributed by atoms with Gasteiger partial charge in [0.2, 0.25) is 0 Å². The fourth-order valence-corrected chi connectivity index (χ4v) is 6.32. The molecule has 1 N–H and O–H groups in total. The van der Waals surface area contributed by atoms with Crippen LogP contribution in [0.1, 0.15) is 93.8 Å². The number of allylic oxidation sites excluding steroid dienone is 3. The van der Waals surface area contributed by atoms with Gasteiger partial charge in [0.15, 0.2) is 0 Å². The minimum absolute atomic E-state index is 0.263. The summed E-state index contributed by atoms with van der Waals surface area (Å²) < 4.78 is 20.7. The molecule has 1 saturated carbocycles. The first-order valence-corrected chi connectivity index (χ1v) is 12.2. The van der Waals surface area contributed by atoms with Gasteiger partial charge in [-0.15, -0.1) is 0 Å². The third kappa shape index (κ3) is 3.75. The molecule has 4 aliphatic carbocycles. The maximum absolute atomic E-state index is 14.2. The van der Waals surface area contributed by atoms with Crippen LogP contribution in [0.25, 0.3) is 11.6 Å². The molecule has 4 aliphatic rings. The summed E-state index contributed by atoms with van der Waals surface area (Å²) in [7, 11) is 0. The van der Waals surface area contributed by atoms with Crippen LogP contribution >= 0.6 is 0 Å². The first-order chi connectivity index (χ1) is 14.6. The number of nitrogens with one attached hydrogen (secondary N) is 1. The molecule has 30 heavy (non-hydrogen) atoms. The average Bonchev–Trinajstić information content (AvgIpc) is 3.14. The fourth-order valence-electron chi connectivity index (χ4n) is 6.32. The van der Waals surface area contributed by atoms with Crippen LogP contribution in [0.3, 0.4) is 0 Å². The highest BCUT2D eigenvalue weighted by atomic mass is 19.1. The minimum Gasteiger partial charge on any atom is -0.456 e. The lowest BCUT2D eigenvalue weighted by molar-refractivity contribution is 0.178. The van der Waals surface area contributed by atoms with Crippen molar-refractivity contribution in [3.05, 3.63) is 47.0 Å². The van der Waals surface area contributed by atoms with Gasteiger partial charge in [-0.3, -0.25) is 0 Å². The van der Waals surface area contributed by atoms with E-state index >= 15 is 0 Å². The van der Waals surface area contributed by atoms with Crippen molar-refractivity contribution in [3.8, 4) is 0 Å². The third-order valence-corrected chi connectivity index (χ3v) is 8.00. The Morgan fingerprint density at radius 3 is 2.90 bits per heavy atom. The Morgan fingerprint density at radius 2 is 2.07 bits per heavy atom. The van der Waals surface area contributed by atoms with Crippen molar-refractivity contribution >= 4 is 11.6 Å². The Bertz CT molecular complexity index is 862. The van der Waals surface area contributed by atoms with Crippen molar-refractivity contribution in [1.29, 1.82) is 0 Å². The first kappa shape index (κ1) is 20.3. The van der Waals surface area contributed by atoms with Crippen molar-refractivity contribution in [3.63, 3.8) is 0 Å². The Labute approximate surface area is 180 Å². The van der Waals surface area contributed by atoms with Gasteiger partial charge in [0.1, 0.15) is 17.7 Å². The maximum atomic E-state index is 14.2. The molecule has 2 nitrogen and oxygen atoms in total. The number of fused-ring (bicyclic) bond motifs is 3. The fraction of sp³-hybridized carbons (Fsp3) is 0.630. The van der Waals surface area contributed by atoms with Gasteiger partial charge in [-0.1, -0.05) is 37.6 Å². The molecular weight excluding hydrogens is 373 g/mol. The predicted molar refractivity (Wildman–Crippen MR) is 122 cm³/mol. The van der Waals surface area contributed by atoms with E-state index in [1.165, 1.54) is 29.5 Å². The van der Waals surface area contributed by atoms with Crippen molar-refractivity contribution in [2.24, 2.45) is 11.8 Å². The van der Waals surface area contributed by atoms with Crippen LogP contribution in [-0.2, 0) is 6.42 Å². The van der Waals surface area contributed by atoms with E-state index in [1.54, 1.807) is 0 Å². The van der Waals surface area contributed by atoms with Gasteiger partial charge >= 0.3 is 0 Å². The molecule has 0 aromatic carbocycles. The monoisotopic (exact) mass is 409 g/mol. The quantitative estimate of drug-likeness (QED) is 0.543. The number of rotatable bonds is 4. The van der Waals surface area contributed by atoms with Crippen molar-refractivity contribution in [2.75, 3.05) is 0 Å². The van der Waals surface area contributed by atoms with E-state index in [2.05, 4.69) is 49.5 Å². The van der Waals surface area contributed by atoms with E-state index in [0.29, 0.717) is 23.8 Å². The van der Waals surface area contributed by atoms with Gasteiger partial charge in [-0.05, 0) is 82.1 Å². The van der Waals surface area contributed by atoms with Crippen LogP contribution in [0.4, 0.5) is 4.39 Å². The molecule has 6 atom stereocenters. The minimum atomic E-state index is -0.619. The second-order valence-electron chi connectivity index (χ2n) is 10.1. The maximum Gasteiger partial charge on any atom is 0.135 e. The van der Waals surface area contributed by atoms with Crippen LogP contribution < -0.4 is 5.32 Å². The van der Waals surface area contributed by atoms with Gasteiger partial charge in [0.25, 0.3) is 0 Å². The third-order valence-electron chi connectivity index (χ3n) is 8.00. The SMILES string of the molecule is CC(NC1C=CCCC1C)C1=CCCc2c1oc1c2C(C2CCCC(F)C2)CC=C1. The molecule has 0 bridgehead atoms. The molecule has 1 heterocycles. The Morgan fingerprint density at radius 1 is 1.17 bits per heavy atom. The predicted octanol–water partition coefficient (Wildman–Crippen LogP) is 6.97. The number of hydrogen-bond donors (Lipinski definition) is 1. The van der Waals surface area contributed by atoms with Crippen LogP contribution in [0.5, 0.6) is 0 Å². The molecule has 0 amide bonds. The van der Waals surface area contributed by atoms with Crippen molar-refractivity contribution in [1.82, 2.24) is 5.32 Å². The molecule has 0 aliphatic heterocycles. The van der Waals surface area contributed by atoms with Crippen LogP contribution in [-0.4, -0.2) is 18.3 Å². The molecule has 6 unspecified atom stereocenters. The molecule has 1 aromatic rings. The normalized spacial score (nSPS) is 34.2. The molecule has 5 rings (SSSR count). The highest BCUT2D eigenvalue weighted by Gasteiger charge is 2.37. The van der Waals surface area contributed by atoms with Crippen LogP contribution in [0.15, 0.2) is 28.7 Å². The standard InChI is InChI=1S/C27H36FNO/c1-17-8-3-4-14-24(17)29-18(2)21-11-6-13-23-26-22(19-9-5-10-20(28)16-19)12-7-15-25(26)30-27(21)23/h4,7,11,14-15,17-20,22,24,29H,3,5-6,8-10,12-13,16H2,1-2H3. The van der Waals surface area contributed by atoms with Crippen molar-refractivity contribution in [2.45, 2.75) is 95.8 Å². The molecule has 162 valence electrons. The number of hydrogen-bond acceptors (Lipinski definition) is 2. The second-order valence-corrected chi connectivity index (χ2v) is 10.1. The Kier molecular flexibility index (Phi) is 5.75. The average molecular weight is 410 g/mol. The molecule has 1 aromatic heterocycles. The van der Waals surface area contributed by atoms with Crippen LogP contribution in [0.2, 0.25) is 0 Å². The second kappa shape index (κ2) is 8.49. The first-order valence-electron chi connectivity index (χ1n) is 12.2. The largest absolute Gasteiger partial charge is 0.456 e. The Balaban J connectivity index is 1.42. The topological polar surface area (TPSA) is 25.2 Å². The lowest BCUT2D eigenvalue weighted by Gasteiger charge is -2.33. The molecule has 1 fully saturated rings. The molecule has 3 heteroatoms. The summed E-state index contributed by atoms with van der Waals surface area (Å²) in [6.45, 7) is 4.62. The van der Waals surface area contributed by atoms with E-state index in [0.717, 1.165) is 56.5 Å². The summed E-state index contributed by atoms with van der Waals surface area (Å²) >= 11 is 0. The zero-order valence-corrected chi connectivity index (χ0v) is 18.5. The lowest BCUT2D eigenvalue weighted by Crippen LogP contribution is -2.41. The highest BCUT2D eigenvalue weighted by molar-refractivity contribution is 5.74. The van der Waals surface area contributed by atoms with E-state index in [9.17, 15) is 4.39 Å². The number of furan rings is 1. The van der Waals surface area contributed by atoms with Gasteiger partial charge in [0, 0.05) is 28.8 Å². The molecule has 0 radical (unpaired) electrons. The van der Waals surface area contributed by atoms with E-state index < -0.39 is 6.17 Å². The van der Waals surface area contributed by atoms with E-state index in [-0.39, 0.29) is 6.04 Å². The zero-order valence-electron chi connectivity index (χ0n) is 18.5. The van der Waals surface area contributed by atoms with Crippen molar-refractivity contribution < 1.29 is 8.81 Å². The summed E-state index contributed by atoms with van der Waals surface area (Å²) in [6.07, 6.45) is 20.1. The molecule has 0 saturated heterocycles. The number of alkyl halides is 1. The van der Waals surface area contributed by atoms with Gasteiger partial charge in [0.05, 0.1) is 0 Å². The summed E-state index contributed by atoms with van der Waals surface area (Å²) in [5.41, 5.74) is 4.14. The Hall–Kier alpha value is -1.61. The molecule has 0 spiro atoms. The summed E-state index contributed by atoms with van der Waals surface area (Å²) in [5, 5.41) is 3.86. The summed E-state index contributed by atoms with van der Waals surface area (Å²) in [5.74, 6) is 3.70. The molecular formula is C27H36FNO. The highest BCUT2D eigenvalue weighted by Crippen LogP contribution is 2.48. The summed E-state index contributed by atoms with van der Waals surface area (Å²) in [6, 6.07) is 0.695. The van der Waals surface area contributed by atoms with Gasteiger partial charge < -0.3 is 9.73 Å². The zero-order chi connectivity index (χ0) is 20.7. The van der Waals surface area contributed by atoms with E-state index in [1.807, 2.05) is 0 Å². The number of halogens is 1. The van der Waals surface area contributed by atoms with Crippen LogP contribution in [0, 0.1) is 11.8 Å². The van der Waals surface area contributed by atoms with E-state index in [4.69, 9.17) is 4.42 Å². The van der Waals surface area contributed by atoms with Gasteiger partial charge in [-0.25, -0.2) is 4.39 Å².